The molecule has 30 heavy (non-hydrogen) atoms. The number of benzene rings is 2. The van der Waals surface area contributed by atoms with E-state index in [1.54, 1.807) is 18.2 Å². The number of anilines is 1. The second-order valence-electron chi connectivity index (χ2n) is 6.88. The van der Waals surface area contributed by atoms with Gasteiger partial charge in [0.15, 0.2) is 11.5 Å². The molecule has 158 valence electrons. The van der Waals surface area contributed by atoms with Crippen molar-refractivity contribution < 1.29 is 14.3 Å². The number of pyridine rings is 1. The summed E-state index contributed by atoms with van der Waals surface area (Å²) in [6, 6.07) is 15.2. The number of rotatable bonds is 9. The highest BCUT2D eigenvalue weighted by Crippen LogP contribution is 2.30. The summed E-state index contributed by atoms with van der Waals surface area (Å²) in [5.74, 6) is 1.14. The molecule has 0 saturated heterocycles. The lowest BCUT2D eigenvalue weighted by molar-refractivity contribution is -0.117. The highest BCUT2D eigenvalue weighted by molar-refractivity contribution is 6.30. The van der Waals surface area contributed by atoms with Gasteiger partial charge in [-0.2, -0.15) is 0 Å². The number of carbonyl (C=O) groups is 1. The molecule has 6 nitrogen and oxygen atoms in total. The average molecular weight is 428 g/mol. The third kappa shape index (κ3) is 5.62. The van der Waals surface area contributed by atoms with Crippen LogP contribution in [0.25, 0.3) is 10.9 Å². The highest BCUT2D eigenvalue weighted by atomic mass is 35.5. The van der Waals surface area contributed by atoms with Crippen molar-refractivity contribution in [2.24, 2.45) is 0 Å². The Morgan fingerprint density at radius 1 is 1.07 bits per heavy atom. The fourth-order valence-electron chi connectivity index (χ4n) is 3.17. The van der Waals surface area contributed by atoms with E-state index in [0.717, 1.165) is 16.5 Å². The molecular formula is C23H26ClN3O3. The van der Waals surface area contributed by atoms with Gasteiger partial charge in [-0.05, 0) is 45.2 Å². The number of fused-ring (bicyclic) bond motifs is 1. The lowest BCUT2D eigenvalue weighted by Gasteiger charge is -2.18. The molecular weight excluding hydrogens is 402 g/mol. The zero-order valence-corrected chi connectivity index (χ0v) is 18.2. The minimum Gasteiger partial charge on any atom is -0.490 e. The normalized spacial score (nSPS) is 11.0. The van der Waals surface area contributed by atoms with E-state index in [1.807, 2.05) is 56.1 Å². The second-order valence-corrected chi connectivity index (χ2v) is 7.24. The molecule has 0 aliphatic heterocycles. The summed E-state index contributed by atoms with van der Waals surface area (Å²) in [6.07, 6.45) is 0. The van der Waals surface area contributed by atoms with Gasteiger partial charge in [0.1, 0.15) is 5.15 Å². The van der Waals surface area contributed by atoms with Crippen LogP contribution in [0.4, 0.5) is 5.69 Å². The van der Waals surface area contributed by atoms with E-state index >= 15 is 0 Å². The topological polar surface area (TPSA) is 63.7 Å². The molecule has 2 aromatic carbocycles. The molecule has 0 aliphatic carbocycles. The van der Waals surface area contributed by atoms with Crippen LogP contribution < -0.4 is 14.8 Å². The number of nitrogens with zero attached hydrogens (tertiary/aromatic N) is 2. The first-order valence-corrected chi connectivity index (χ1v) is 10.3. The van der Waals surface area contributed by atoms with Gasteiger partial charge in [0, 0.05) is 29.2 Å². The molecule has 1 N–H and O–H groups in total. The first-order valence-electron chi connectivity index (χ1n) is 9.92. The fourth-order valence-corrected chi connectivity index (χ4v) is 3.37. The van der Waals surface area contributed by atoms with Crippen molar-refractivity contribution >= 4 is 34.1 Å². The number of amides is 1. The number of nitrogens with one attached hydrogen (secondary N) is 1. The predicted octanol–water partition coefficient (Wildman–Crippen LogP) is 4.76. The first kappa shape index (κ1) is 21.9. The molecule has 1 heterocycles. The van der Waals surface area contributed by atoms with Crippen molar-refractivity contribution in [2.45, 2.75) is 20.4 Å². The molecule has 1 amide bonds. The van der Waals surface area contributed by atoms with Crippen molar-refractivity contribution in [1.82, 2.24) is 9.88 Å². The summed E-state index contributed by atoms with van der Waals surface area (Å²) >= 11 is 6.34. The standard InChI is InChI=1S/C23H26ClN3O3/c1-4-29-20-11-10-18(13-21(20)30-5-2)25-22(28)15-27(3)14-17-12-16-8-6-7-9-19(16)26-23(17)24/h6-13H,4-5,14-15H2,1-3H3,(H,25,28). The Bertz CT molecular complexity index is 1030. The zero-order chi connectivity index (χ0) is 21.5. The van der Waals surface area contributed by atoms with Crippen LogP contribution in [0.3, 0.4) is 0 Å². The molecule has 0 spiro atoms. The summed E-state index contributed by atoms with van der Waals surface area (Å²) in [5.41, 5.74) is 2.39. The number of likely N-dealkylation sites (N-methyl/N-ethyl adjacent to an activating group) is 1. The largest absolute Gasteiger partial charge is 0.490 e. The van der Waals surface area contributed by atoms with E-state index < -0.39 is 0 Å². The number of para-hydroxylation sites is 1. The van der Waals surface area contributed by atoms with E-state index in [2.05, 4.69) is 10.3 Å². The minimum atomic E-state index is -0.131. The van der Waals surface area contributed by atoms with E-state index in [9.17, 15) is 4.79 Å². The van der Waals surface area contributed by atoms with Gasteiger partial charge >= 0.3 is 0 Å². The molecule has 0 fully saturated rings. The van der Waals surface area contributed by atoms with E-state index in [0.29, 0.717) is 42.1 Å². The number of halogens is 1. The highest BCUT2D eigenvalue weighted by Gasteiger charge is 2.13. The molecule has 3 aromatic rings. The molecule has 0 atom stereocenters. The van der Waals surface area contributed by atoms with Gasteiger partial charge in [0.25, 0.3) is 0 Å². The smallest absolute Gasteiger partial charge is 0.238 e. The van der Waals surface area contributed by atoms with Gasteiger partial charge < -0.3 is 14.8 Å². The molecule has 1 aromatic heterocycles. The number of hydrogen-bond donors (Lipinski definition) is 1. The van der Waals surface area contributed by atoms with Crippen molar-refractivity contribution in [2.75, 3.05) is 32.1 Å². The molecule has 0 saturated carbocycles. The van der Waals surface area contributed by atoms with Crippen LogP contribution in [0.15, 0.2) is 48.5 Å². The monoisotopic (exact) mass is 427 g/mol. The van der Waals surface area contributed by atoms with Gasteiger partial charge in [-0.25, -0.2) is 4.98 Å². The van der Waals surface area contributed by atoms with Crippen LogP contribution in [-0.2, 0) is 11.3 Å². The fraction of sp³-hybridized carbons (Fsp3) is 0.304. The summed E-state index contributed by atoms with van der Waals surface area (Å²) in [6.45, 7) is 5.60. The Morgan fingerprint density at radius 3 is 2.57 bits per heavy atom. The average Bonchev–Trinajstić information content (AvgIpc) is 2.70. The Balaban J connectivity index is 1.63. The molecule has 0 unspecified atom stereocenters. The third-order valence-electron chi connectivity index (χ3n) is 4.43. The predicted molar refractivity (Wildman–Crippen MR) is 120 cm³/mol. The number of ether oxygens (including phenoxy) is 2. The molecule has 0 aliphatic rings. The van der Waals surface area contributed by atoms with Crippen molar-refractivity contribution in [3.05, 3.63) is 59.2 Å². The third-order valence-corrected chi connectivity index (χ3v) is 4.76. The van der Waals surface area contributed by atoms with Crippen LogP contribution in [0.1, 0.15) is 19.4 Å². The van der Waals surface area contributed by atoms with Crippen LogP contribution in [-0.4, -0.2) is 42.6 Å². The van der Waals surface area contributed by atoms with Crippen molar-refractivity contribution in [1.29, 1.82) is 0 Å². The molecule has 3 rings (SSSR count). The number of hydrogen-bond acceptors (Lipinski definition) is 5. The Hall–Kier alpha value is -2.83. The second kappa shape index (κ2) is 10.3. The van der Waals surface area contributed by atoms with Crippen molar-refractivity contribution in [3.63, 3.8) is 0 Å². The first-order chi connectivity index (χ1) is 14.5. The SMILES string of the molecule is CCOc1ccc(NC(=O)CN(C)Cc2cc3ccccc3nc2Cl)cc1OCC. The van der Waals surface area contributed by atoms with E-state index in [1.165, 1.54) is 0 Å². The van der Waals surface area contributed by atoms with Crippen molar-refractivity contribution in [3.8, 4) is 11.5 Å². The molecule has 0 bridgehead atoms. The lowest BCUT2D eigenvalue weighted by atomic mass is 10.1. The summed E-state index contributed by atoms with van der Waals surface area (Å²) in [7, 11) is 1.87. The maximum Gasteiger partial charge on any atom is 0.238 e. The molecule has 7 heteroatoms. The Morgan fingerprint density at radius 2 is 1.80 bits per heavy atom. The number of aromatic nitrogens is 1. The maximum atomic E-state index is 12.5. The summed E-state index contributed by atoms with van der Waals surface area (Å²) in [4.78, 5) is 18.8. The lowest BCUT2D eigenvalue weighted by Crippen LogP contribution is -2.30. The van der Waals surface area contributed by atoms with Gasteiger partial charge in [-0.3, -0.25) is 9.69 Å². The maximum absolute atomic E-state index is 12.5. The van der Waals surface area contributed by atoms with E-state index in [-0.39, 0.29) is 12.5 Å². The van der Waals surface area contributed by atoms with Gasteiger partial charge in [-0.15, -0.1) is 0 Å². The summed E-state index contributed by atoms with van der Waals surface area (Å²) < 4.78 is 11.2. The minimum absolute atomic E-state index is 0.131. The quantitative estimate of drug-likeness (QED) is 0.499. The summed E-state index contributed by atoms with van der Waals surface area (Å²) in [5, 5.41) is 4.38. The van der Waals surface area contributed by atoms with Gasteiger partial charge in [0.2, 0.25) is 5.91 Å². The zero-order valence-electron chi connectivity index (χ0n) is 17.4. The van der Waals surface area contributed by atoms with Gasteiger partial charge in [-0.1, -0.05) is 29.8 Å². The van der Waals surface area contributed by atoms with E-state index in [4.69, 9.17) is 21.1 Å². The Labute approximate surface area is 181 Å². The number of carbonyl (C=O) groups excluding carboxylic acids is 1. The molecule has 0 radical (unpaired) electrons. The Kier molecular flexibility index (Phi) is 7.49. The van der Waals surface area contributed by atoms with Gasteiger partial charge in [0.05, 0.1) is 25.3 Å². The van der Waals surface area contributed by atoms with Crippen LogP contribution in [0.2, 0.25) is 5.15 Å². The van der Waals surface area contributed by atoms with Crippen LogP contribution >= 0.6 is 11.6 Å². The van der Waals surface area contributed by atoms with Crippen LogP contribution in [0, 0.1) is 0 Å². The van der Waals surface area contributed by atoms with Crippen LogP contribution in [0.5, 0.6) is 11.5 Å².